The highest BCUT2D eigenvalue weighted by Crippen LogP contribution is 2.36. The fourth-order valence-electron chi connectivity index (χ4n) is 3.27. The smallest absolute Gasteiger partial charge is 0.191 e. The number of aliphatic imine (C=N–C) groups is 1. The van der Waals surface area contributed by atoms with Crippen LogP contribution in [0, 0.1) is 5.41 Å². The van der Waals surface area contributed by atoms with E-state index in [0.717, 1.165) is 5.96 Å². The van der Waals surface area contributed by atoms with Crippen molar-refractivity contribution in [3.05, 3.63) is 0 Å². The summed E-state index contributed by atoms with van der Waals surface area (Å²) in [6.07, 6.45) is 10.2. The maximum Gasteiger partial charge on any atom is 0.191 e. The van der Waals surface area contributed by atoms with E-state index in [9.17, 15) is 0 Å². The van der Waals surface area contributed by atoms with E-state index in [1.807, 2.05) is 0 Å². The molecule has 2 saturated carbocycles. The second-order valence-electron chi connectivity index (χ2n) is 6.93. The van der Waals surface area contributed by atoms with Crippen LogP contribution in [0.15, 0.2) is 4.99 Å². The molecule has 0 radical (unpaired) electrons. The highest BCUT2D eigenvalue weighted by atomic mass is 15.3. The van der Waals surface area contributed by atoms with Crippen LogP contribution in [-0.4, -0.2) is 30.0 Å². The Labute approximate surface area is 112 Å². The van der Waals surface area contributed by atoms with Crippen LogP contribution in [0.3, 0.4) is 0 Å². The fraction of sp³-hybridized carbons (Fsp3) is 0.933. The van der Waals surface area contributed by atoms with Gasteiger partial charge in [-0.1, -0.05) is 26.7 Å². The molecule has 18 heavy (non-hydrogen) atoms. The summed E-state index contributed by atoms with van der Waals surface area (Å²) in [5, 5.41) is 0. The molecule has 0 aliphatic heterocycles. The summed E-state index contributed by atoms with van der Waals surface area (Å²) < 4.78 is 0. The van der Waals surface area contributed by atoms with Crippen molar-refractivity contribution in [1.82, 2.24) is 4.90 Å². The van der Waals surface area contributed by atoms with Gasteiger partial charge in [-0.05, 0) is 43.9 Å². The molecule has 0 amide bonds. The maximum absolute atomic E-state index is 6.17. The Morgan fingerprint density at radius 3 is 2.22 bits per heavy atom. The first-order valence-corrected chi connectivity index (χ1v) is 7.54. The number of rotatable bonds is 2. The van der Waals surface area contributed by atoms with Gasteiger partial charge in [0.1, 0.15) is 0 Å². The first-order chi connectivity index (χ1) is 8.48. The van der Waals surface area contributed by atoms with E-state index in [4.69, 9.17) is 10.7 Å². The fourth-order valence-corrected chi connectivity index (χ4v) is 3.27. The van der Waals surface area contributed by atoms with Gasteiger partial charge in [0.05, 0.1) is 6.04 Å². The number of hydrogen-bond acceptors (Lipinski definition) is 1. The van der Waals surface area contributed by atoms with Gasteiger partial charge >= 0.3 is 0 Å². The van der Waals surface area contributed by atoms with Crippen molar-refractivity contribution in [3.63, 3.8) is 0 Å². The van der Waals surface area contributed by atoms with Crippen LogP contribution in [0.25, 0.3) is 0 Å². The Morgan fingerprint density at radius 1 is 1.11 bits per heavy atom. The van der Waals surface area contributed by atoms with Crippen LogP contribution in [0.5, 0.6) is 0 Å². The predicted molar refractivity (Wildman–Crippen MR) is 77.7 cm³/mol. The number of nitrogens with two attached hydrogens (primary N) is 1. The maximum atomic E-state index is 6.17. The molecule has 0 aromatic carbocycles. The molecule has 3 heteroatoms. The van der Waals surface area contributed by atoms with Crippen molar-refractivity contribution in [3.8, 4) is 0 Å². The topological polar surface area (TPSA) is 41.6 Å². The van der Waals surface area contributed by atoms with E-state index in [1.54, 1.807) is 0 Å². The molecule has 2 N–H and O–H groups in total. The molecule has 2 aliphatic carbocycles. The minimum atomic E-state index is 0.493. The van der Waals surface area contributed by atoms with Gasteiger partial charge in [0.15, 0.2) is 5.96 Å². The summed E-state index contributed by atoms with van der Waals surface area (Å²) in [5.74, 6) is 0.770. The second-order valence-corrected chi connectivity index (χ2v) is 6.93. The molecule has 0 spiro atoms. The molecule has 2 aliphatic rings. The van der Waals surface area contributed by atoms with Gasteiger partial charge in [-0.2, -0.15) is 0 Å². The lowest BCUT2D eigenvalue weighted by molar-refractivity contribution is 0.168. The Balaban J connectivity index is 1.88. The molecular formula is C15H29N3. The van der Waals surface area contributed by atoms with Gasteiger partial charge in [-0.15, -0.1) is 0 Å². The van der Waals surface area contributed by atoms with E-state index < -0.39 is 0 Å². The Bertz CT molecular complexity index is 293. The quantitative estimate of drug-likeness (QED) is 0.605. The average molecular weight is 251 g/mol. The van der Waals surface area contributed by atoms with Crippen LogP contribution in [0.2, 0.25) is 0 Å². The number of hydrogen-bond donors (Lipinski definition) is 1. The molecule has 0 atom stereocenters. The second kappa shape index (κ2) is 5.50. The predicted octanol–water partition coefficient (Wildman–Crippen LogP) is 3.14. The van der Waals surface area contributed by atoms with Crippen molar-refractivity contribution in [2.24, 2.45) is 16.1 Å². The minimum absolute atomic E-state index is 0.493. The van der Waals surface area contributed by atoms with E-state index in [0.29, 0.717) is 17.5 Å². The van der Waals surface area contributed by atoms with Crippen molar-refractivity contribution < 1.29 is 0 Å². The third-order valence-corrected chi connectivity index (χ3v) is 4.86. The van der Waals surface area contributed by atoms with E-state index >= 15 is 0 Å². The zero-order chi connectivity index (χ0) is 13.2. The Hall–Kier alpha value is -0.730. The van der Waals surface area contributed by atoms with Gasteiger partial charge in [0, 0.05) is 13.1 Å². The summed E-state index contributed by atoms with van der Waals surface area (Å²) in [4.78, 5) is 6.94. The van der Waals surface area contributed by atoms with Crippen molar-refractivity contribution in [2.75, 3.05) is 7.05 Å². The normalized spacial score (nSPS) is 26.5. The van der Waals surface area contributed by atoms with Crippen LogP contribution < -0.4 is 5.73 Å². The standard InChI is InChI=1S/C15H29N3/c1-15(2)10-8-13(9-11-15)18(3)14(16)17-12-6-4-5-7-12/h12-13H,4-11H2,1-3H3,(H2,16,17). The zero-order valence-corrected chi connectivity index (χ0v) is 12.3. The molecule has 2 rings (SSSR count). The molecular weight excluding hydrogens is 222 g/mol. The summed E-state index contributed by atoms with van der Waals surface area (Å²) in [5.41, 5.74) is 6.69. The van der Waals surface area contributed by atoms with Gasteiger partial charge in [0.2, 0.25) is 0 Å². The molecule has 2 fully saturated rings. The van der Waals surface area contributed by atoms with Gasteiger partial charge in [-0.25, -0.2) is 4.99 Å². The largest absolute Gasteiger partial charge is 0.370 e. The SMILES string of the molecule is CN(C(N)=NC1CCCC1)C1CCC(C)(C)CC1. The van der Waals surface area contributed by atoms with Gasteiger partial charge < -0.3 is 10.6 Å². The highest BCUT2D eigenvalue weighted by molar-refractivity contribution is 5.78. The summed E-state index contributed by atoms with van der Waals surface area (Å²) in [6, 6.07) is 1.09. The molecule has 0 unspecified atom stereocenters. The zero-order valence-electron chi connectivity index (χ0n) is 12.3. The van der Waals surface area contributed by atoms with Crippen LogP contribution >= 0.6 is 0 Å². The molecule has 104 valence electrons. The molecule has 0 bridgehead atoms. The van der Waals surface area contributed by atoms with Crippen molar-refractivity contribution >= 4 is 5.96 Å². The van der Waals surface area contributed by atoms with E-state index in [-0.39, 0.29) is 0 Å². The first-order valence-electron chi connectivity index (χ1n) is 7.54. The van der Waals surface area contributed by atoms with E-state index in [2.05, 4.69) is 25.8 Å². The molecule has 0 aromatic rings. The first kappa shape index (κ1) is 13.7. The third-order valence-electron chi connectivity index (χ3n) is 4.86. The molecule has 0 saturated heterocycles. The lowest BCUT2D eigenvalue weighted by atomic mass is 9.75. The Kier molecular flexibility index (Phi) is 4.18. The van der Waals surface area contributed by atoms with Crippen molar-refractivity contribution in [1.29, 1.82) is 0 Å². The number of nitrogens with zero attached hydrogens (tertiary/aromatic N) is 2. The summed E-state index contributed by atoms with van der Waals surface area (Å²) in [7, 11) is 2.12. The monoisotopic (exact) mass is 251 g/mol. The lowest BCUT2D eigenvalue weighted by Gasteiger charge is -2.39. The number of guanidine groups is 1. The molecule has 0 aromatic heterocycles. The Morgan fingerprint density at radius 2 is 1.67 bits per heavy atom. The summed E-state index contributed by atoms with van der Waals surface area (Å²) in [6.45, 7) is 4.75. The van der Waals surface area contributed by atoms with Crippen LogP contribution in [-0.2, 0) is 0 Å². The third kappa shape index (κ3) is 3.39. The summed E-state index contributed by atoms with van der Waals surface area (Å²) >= 11 is 0. The van der Waals surface area contributed by atoms with Crippen molar-refractivity contribution in [2.45, 2.75) is 77.3 Å². The van der Waals surface area contributed by atoms with Crippen LogP contribution in [0.1, 0.15) is 65.2 Å². The van der Waals surface area contributed by atoms with Crippen LogP contribution in [0.4, 0.5) is 0 Å². The molecule has 0 heterocycles. The lowest BCUT2D eigenvalue weighted by Crippen LogP contribution is -2.45. The van der Waals surface area contributed by atoms with Gasteiger partial charge in [-0.3, -0.25) is 0 Å². The van der Waals surface area contributed by atoms with Gasteiger partial charge in [0.25, 0.3) is 0 Å². The minimum Gasteiger partial charge on any atom is -0.370 e. The highest BCUT2D eigenvalue weighted by Gasteiger charge is 2.29. The molecule has 3 nitrogen and oxygen atoms in total. The average Bonchev–Trinajstić information content (AvgIpc) is 2.81. The van der Waals surface area contributed by atoms with E-state index in [1.165, 1.54) is 51.4 Å².